The first-order valence-corrected chi connectivity index (χ1v) is 10.1. The van der Waals surface area contributed by atoms with Gasteiger partial charge >= 0.3 is 0 Å². The maximum atomic E-state index is 12.5. The van der Waals surface area contributed by atoms with E-state index in [1.807, 2.05) is 24.3 Å². The van der Waals surface area contributed by atoms with Gasteiger partial charge in [-0.3, -0.25) is 9.69 Å². The van der Waals surface area contributed by atoms with E-state index in [1.165, 1.54) is 16.9 Å². The van der Waals surface area contributed by atoms with Gasteiger partial charge in [0.25, 0.3) is 5.91 Å². The lowest BCUT2D eigenvalue weighted by molar-refractivity contribution is 0.0955. The van der Waals surface area contributed by atoms with Gasteiger partial charge in [0.2, 0.25) is 0 Å². The predicted octanol–water partition coefficient (Wildman–Crippen LogP) is 5.33. The number of carbonyl (C=O) groups excluding carboxylic acids is 1. The summed E-state index contributed by atoms with van der Waals surface area (Å²) >= 11 is 7.81. The van der Waals surface area contributed by atoms with Crippen molar-refractivity contribution < 1.29 is 4.79 Å². The molecule has 3 nitrogen and oxygen atoms in total. The van der Waals surface area contributed by atoms with Gasteiger partial charge < -0.3 is 5.32 Å². The molecule has 0 unspecified atom stereocenters. The van der Waals surface area contributed by atoms with Crippen molar-refractivity contribution in [1.29, 1.82) is 0 Å². The van der Waals surface area contributed by atoms with Gasteiger partial charge in [-0.2, -0.15) is 0 Å². The average molecular weight is 387 g/mol. The Labute approximate surface area is 163 Å². The quantitative estimate of drug-likeness (QED) is 0.595. The number of nitrogens with zero attached hydrogens (tertiary/aromatic N) is 1. The molecule has 3 rings (SSSR count). The van der Waals surface area contributed by atoms with E-state index in [0.717, 1.165) is 35.3 Å². The molecule has 0 atom stereocenters. The van der Waals surface area contributed by atoms with E-state index in [0.29, 0.717) is 16.4 Å². The van der Waals surface area contributed by atoms with Crippen molar-refractivity contribution in [3.63, 3.8) is 0 Å². The Kier molecular flexibility index (Phi) is 6.30. The van der Waals surface area contributed by atoms with E-state index in [-0.39, 0.29) is 5.91 Å². The van der Waals surface area contributed by atoms with Gasteiger partial charge in [-0.25, -0.2) is 0 Å². The van der Waals surface area contributed by atoms with E-state index < -0.39 is 0 Å². The Balaban J connectivity index is 1.63. The molecular weight excluding hydrogens is 364 g/mol. The summed E-state index contributed by atoms with van der Waals surface area (Å²) in [5.74, 6) is -0.122. The van der Waals surface area contributed by atoms with Crippen molar-refractivity contribution in [3.05, 3.63) is 69.6 Å². The summed E-state index contributed by atoms with van der Waals surface area (Å²) in [6.07, 6.45) is 0. The molecule has 1 amide bonds. The summed E-state index contributed by atoms with van der Waals surface area (Å²) in [6, 6.07) is 16.2. The second-order valence-corrected chi connectivity index (χ2v) is 7.63. The normalized spacial score (nSPS) is 11.2. The summed E-state index contributed by atoms with van der Waals surface area (Å²) < 4.78 is 1.03. The third-order valence-electron chi connectivity index (χ3n) is 4.52. The summed E-state index contributed by atoms with van der Waals surface area (Å²) in [5, 5.41) is 4.45. The van der Waals surface area contributed by atoms with Crippen LogP contribution in [0.2, 0.25) is 5.02 Å². The number of thiophene rings is 1. The highest BCUT2D eigenvalue weighted by molar-refractivity contribution is 7.21. The Hall–Kier alpha value is -1.88. The van der Waals surface area contributed by atoms with E-state index in [2.05, 4.69) is 48.3 Å². The number of halogens is 1. The van der Waals surface area contributed by atoms with Gasteiger partial charge in [-0.1, -0.05) is 67.9 Å². The molecule has 0 aliphatic carbocycles. The Morgan fingerprint density at radius 2 is 1.69 bits per heavy atom. The summed E-state index contributed by atoms with van der Waals surface area (Å²) in [4.78, 5) is 15.5. The first kappa shape index (κ1) is 18.9. The molecule has 5 heteroatoms. The van der Waals surface area contributed by atoms with Crippen LogP contribution in [0.4, 0.5) is 0 Å². The van der Waals surface area contributed by atoms with Crippen LogP contribution in [0.1, 0.15) is 34.6 Å². The maximum absolute atomic E-state index is 12.5. The lowest BCUT2D eigenvalue weighted by Crippen LogP contribution is -2.23. The largest absolute Gasteiger partial charge is 0.347 e. The molecule has 0 saturated carbocycles. The van der Waals surface area contributed by atoms with Crippen molar-refractivity contribution in [2.75, 3.05) is 13.1 Å². The van der Waals surface area contributed by atoms with Gasteiger partial charge in [0, 0.05) is 23.2 Å². The number of hydrogen-bond acceptors (Lipinski definition) is 3. The molecule has 2 aromatic carbocycles. The second kappa shape index (κ2) is 8.67. The monoisotopic (exact) mass is 386 g/mol. The molecule has 1 aromatic heterocycles. The maximum Gasteiger partial charge on any atom is 0.263 e. The predicted molar refractivity (Wildman–Crippen MR) is 111 cm³/mol. The molecule has 0 aliphatic rings. The fraction of sp³-hybridized carbons (Fsp3) is 0.286. The number of benzene rings is 2. The summed E-state index contributed by atoms with van der Waals surface area (Å²) in [6.45, 7) is 7.89. The SMILES string of the molecule is CCN(CC)Cc1ccc(CNC(=O)c2sc3ccccc3c2Cl)cc1. The molecule has 1 N–H and O–H groups in total. The van der Waals surface area contributed by atoms with Crippen molar-refractivity contribution in [2.24, 2.45) is 0 Å². The fourth-order valence-electron chi connectivity index (χ4n) is 2.89. The Morgan fingerprint density at radius 1 is 1.04 bits per heavy atom. The average Bonchev–Trinajstić information content (AvgIpc) is 3.02. The van der Waals surface area contributed by atoms with Crippen LogP contribution >= 0.6 is 22.9 Å². The highest BCUT2D eigenvalue weighted by Crippen LogP contribution is 2.34. The van der Waals surface area contributed by atoms with Gasteiger partial charge in [-0.15, -0.1) is 11.3 Å². The number of rotatable bonds is 7. The molecule has 136 valence electrons. The smallest absolute Gasteiger partial charge is 0.263 e. The lowest BCUT2D eigenvalue weighted by Gasteiger charge is -2.18. The van der Waals surface area contributed by atoms with Crippen LogP contribution < -0.4 is 5.32 Å². The third-order valence-corrected chi connectivity index (χ3v) is 6.19. The minimum Gasteiger partial charge on any atom is -0.347 e. The summed E-state index contributed by atoms with van der Waals surface area (Å²) in [5.41, 5.74) is 2.37. The molecule has 0 saturated heterocycles. The van der Waals surface area contributed by atoms with Crippen LogP contribution in [0.15, 0.2) is 48.5 Å². The van der Waals surface area contributed by atoms with Gasteiger partial charge in [0.05, 0.1) is 5.02 Å². The molecule has 0 bridgehead atoms. The van der Waals surface area contributed by atoms with Crippen LogP contribution in [0.5, 0.6) is 0 Å². The lowest BCUT2D eigenvalue weighted by atomic mass is 10.1. The summed E-state index contributed by atoms with van der Waals surface area (Å²) in [7, 11) is 0. The minimum absolute atomic E-state index is 0.122. The van der Waals surface area contributed by atoms with Crippen LogP contribution in [0.3, 0.4) is 0 Å². The van der Waals surface area contributed by atoms with Crippen LogP contribution in [-0.4, -0.2) is 23.9 Å². The zero-order valence-corrected chi connectivity index (χ0v) is 16.7. The molecule has 0 fully saturated rings. The number of hydrogen-bond donors (Lipinski definition) is 1. The molecule has 26 heavy (non-hydrogen) atoms. The zero-order chi connectivity index (χ0) is 18.5. The fourth-order valence-corrected chi connectivity index (χ4v) is 4.32. The first-order valence-electron chi connectivity index (χ1n) is 8.87. The van der Waals surface area contributed by atoms with Crippen molar-refractivity contribution >= 4 is 38.9 Å². The molecule has 0 spiro atoms. The standard InChI is InChI=1S/C21H23ClN2OS/c1-3-24(4-2)14-16-11-9-15(10-12-16)13-23-21(25)20-19(22)17-7-5-6-8-18(17)26-20/h5-12H,3-4,13-14H2,1-2H3,(H,23,25). The third kappa shape index (κ3) is 4.26. The van der Waals surface area contributed by atoms with Crippen LogP contribution in [-0.2, 0) is 13.1 Å². The van der Waals surface area contributed by atoms with Crippen LogP contribution in [0.25, 0.3) is 10.1 Å². The zero-order valence-electron chi connectivity index (χ0n) is 15.1. The number of carbonyl (C=O) groups is 1. The topological polar surface area (TPSA) is 32.3 Å². The Morgan fingerprint density at radius 3 is 2.35 bits per heavy atom. The molecular formula is C21H23ClN2OS. The van der Waals surface area contributed by atoms with E-state index in [4.69, 9.17) is 11.6 Å². The molecule has 1 heterocycles. The van der Waals surface area contributed by atoms with Crippen molar-refractivity contribution in [3.8, 4) is 0 Å². The van der Waals surface area contributed by atoms with E-state index in [1.54, 1.807) is 0 Å². The number of fused-ring (bicyclic) bond motifs is 1. The van der Waals surface area contributed by atoms with Crippen molar-refractivity contribution in [2.45, 2.75) is 26.9 Å². The molecule has 0 radical (unpaired) electrons. The van der Waals surface area contributed by atoms with Crippen LogP contribution in [0, 0.1) is 0 Å². The van der Waals surface area contributed by atoms with Gasteiger partial charge in [0.15, 0.2) is 0 Å². The highest BCUT2D eigenvalue weighted by Gasteiger charge is 2.16. The number of amides is 1. The van der Waals surface area contributed by atoms with E-state index >= 15 is 0 Å². The van der Waals surface area contributed by atoms with Crippen molar-refractivity contribution in [1.82, 2.24) is 10.2 Å². The Bertz CT molecular complexity index is 885. The first-order chi connectivity index (χ1) is 12.6. The highest BCUT2D eigenvalue weighted by atomic mass is 35.5. The van der Waals surface area contributed by atoms with Gasteiger partial charge in [-0.05, 0) is 30.3 Å². The number of nitrogens with one attached hydrogen (secondary N) is 1. The minimum atomic E-state index is -0.122. The molecule has 3 aromatic rings. The van der Waals surface area contributed by atoms with Gasteiger partial charge in [0.1, 0.15) is 4.88 Å². The second-order valence-electron chi connectivity index (χ2n) is 6.20. The molecule has 0 aliphatic heterocycles. The van der Waals surface area contributed by atoms with E-state index in [9.17, 15) is 4.79 Å².